The van der Waals surface area contributed by atoms with Crippen LogP contribution in [0.25, 0.3) is 105 Å². The van der Waals surface area contributed by atoms with Crippen LogP contribution in [0, 0.1) is 0 Å². The molecule has 0 aliphatic heterocycles. The smallest absolute Gasteiger partial charge is 0.143 e. The Bertz CT molecular complexity index is 3860. The van der Waals surface area contributed by atoms with Gasteiger partial charge >= 0.3 is 0 Å². The average Bonchev–Trinajstić information content (AvgIpc) is 4.05. The third-order valence-electron chi connectivity index (χ3n) is 12.8. The van der Waals surface area contributed by atoms with Gasteiger partial charge in [0.15, 0.2) is 0 Å². The molecule has 3 aromatic heterocycles. The molecule has 4 heteroatoms. The third-order valence-corrected chi connectivity index (χ3v) is 12.8. The lowest BCUT2D eigenvalue weighted by molar-refractivity contribution is 0.669. The lowest BCUT2D eigenvalue weighted by atomic mass is 10.00. The summed E-state index contributed by atoms with van der Waals surface area (Å²) in [5.74, 6) is 0. The van der Waals surface area contributed by atoms with Gasteiger partial charge in [-0.3, -0.25) is 0 Å². The Morgan fingerprint density at radius 3 is 1.45 bits per heavy atom. The highest BCUT2D eigenvalue weighted by Crippen LogP contribution is 2.44. The largest absolute Gasteiger partial charge is 0.456 e. The van der Waals surface area contributed by atoms with Crippen molar-refractivity contribution in [3.05, 3.63) is 231 Å². The molecule has 0 aliphatic rings. The van der Waals surface area contributed by atoms with E-state index in [0.717, 1.165) is 99.9 Å². The number of hydrogen-bond acceptors (Lipinski definition) is 3. The van der Waals surface area contributed by atoms with Gasteiger partial charge in [0.25, 0.3) is 0 Å². The SMILES string of the molecule is c1ccc(-c2ccc(N(c3ccc(-c4cccc5c4oc4c(-c6ccccc6)cccc45)cc3)c3ccc(-n4c5ccccc5c5c6c(ccc54)oc4ccccc46)cc3)cc2)cc1. The maximum atomic E-state index is 6.80. The van der Waals surface area contributed by atoms with Crippen molar-refractivity contribution in [2.75, 3.05) is 4.90 Å². The van der Waals surface area contributed by atoms with Gasteiger partial charge in [0.1, 0.15) is 22.3 Å². The molecule has 3 heterocycles. The highest BCUT2D eigenvalue weighted by atomic mass is 16.3. The van der Waals surface area contributed by atoms with Crippen LogP contribution in [0.3, 0.4) is 0 Å². The molecule has 0 atom stereocenters. The average molecular weight is 819 g/mol. The predicted octanol–water partition coefficient (Wildman–Crippen LogP) is 17.1. The fraction of sp³-hybridized carbons (Fsp3) is 0. The topological polar surface area (TPSA) is 34.5 Å². The second-order valence-corrected chi connectivity index (χ2v) is 16.4. The van der Waals surface area contributed by atoms with E-state index in [9.17, 15) is 0 Å². The van der Waals surface area contributed by atoms with Gasteiger partial charge in [0.2, 0.25) is 0 Å². The van der Waals surface area contributed by atoms with Gasteiger partial charge in [-0.1, -0.05) is 158 Å². The summed E-state index contributed by atoms with van der Waals surface area (Å²) in [4.78, 5) is 2.34. The number of furan rings is 2. The van der Waals surface area contributed by atoms with Crippen LogP contribution < -0.4 is 4.90 Å². The molecule has 0 aliphatic carbocycles. The predicted molar refractivity (Wildman–Crippen MR) is 266 cm³/mol. The van der Waals surface area contributed by atoms with Gasteiger partial charge in [-0.05, 0) is 95.1 Å². The first kappa shape index (κ1) is 36.1. The molecule has 0 saturated carbocycles. The minimum absolute atomic E-state index is 0.893. The molecule has 0 fully saturated rings. The molecule has 4 nitrogen and oxygen atoms in total. The van der Waals surface area contributed by atoms with Gasteiger partial charge in [-0.25, -0.2) is 0 Å². The fourth-order valence-electron chi connectivity index (χ4n) is 9.87. The summed E-state index contributed by atoms with van der Waals surface area (Å²) in [5, 5.41) is 6.92. The first-order valence-corrected chi connectivity index (χ1v) is 21.7. The van der Waals surface area contributed by atoms with Crippen LogP contribution in [0.1, 0.15) is 0 Å². The van der Waals surface area contributed by atoms with Crippen LogP contribution in [0.4, 0.5) is 17.1 Å². The second-order valence-electron chi connectivity index (χ2n) is 16.4. The molecule has 13 rings (SSSR count). The van der Waals surface area contributed by atoms with Crippen molar-refractivity contribution in [3.63, 3.8) is 0 Å². The van der Waals surface area contributed by atoms with Crippen LogP contribution in [-0.4, -0.2) is 4.57 Å². The molecule has 64 heavy (non-hydrogen) atoms. The highest BCUT2D eigenvalue weighted by molar-refractivity contribution is 6.27. The maximum absolute atomic E-state index is 6.80. The number of para-hydroxylation sites is 4. The summed E-state index contributed by atoms with van der Waals surface area (Å²) in [6.45, 7) is 0. The van der Waals surface area contributed by atoms with Crippen molar-refractivity contribution in [2.45, 2.75) is 0 Å². The van der Waals surface area contributed by atoms with Gasteiger partial charge in [-0.15, -0.1) is 0 Å². The number of rotatable bonds is 7. The minimum Gasteiger partial charge on any atom is -0.456 e. The Balaban J connectivity index is 0.923. The summed E-state index contributed by atoms with van der Waals surface area (Å²) in [6.07, 6.45) is 0. The summed E-state index contributed by atoms with van der Waals surface area (Å²) >= 11 is 0. The van der Waals surface area contributed by atoms with Crippen molar-refractivity contribution in [2.24, 2.45) is 0 Å². The van der Waals surface area contributed by atoms with Crippen LogP contribution in [0.15, 0.2) is 239 Å². The standard InChI is InChI=1S/C60H38N2O2/c1-3-13-39(14-4-1)40-25-29-43(30-26-40)61(44-31-27-42(28-32-44)48-20-12-22-50-49-21-11-19-47(59(49)64-60(48)50)41-15-5-2-6-16-41)45-33-35-46(36-34-45)62-53-23-9-7-17-51(53)57-54(62)37-38-56-58(57)52-18-8-10-24-55(52)63-56/h1-38H. The molecule has 0 N–H and O–H groups in total. The zero-order valence-corrected chi connectivity index (χ0v) is 34.7. The van der Waals surface area contributed by atoms with Crippen molar-refractivity contribution in [3.8, 4) is 39.1 Å². The van der Waals surface area contributed by atoms with Crippen LogP contribution >= 0.6 is 0 Å². The number of fused-ring (bicyclic) bond motifs is 10. The van der Waals surface area contributed by atoms with E-state index in [0.29, 0.717) is 0 Å². The van der Waals surface area contributed by atoms with Gasteiger partial charge < -0.3 is 18.3 Å². The summed E-state index contributed by atoms with van der Waals surface area (Å²) in [6, 6.07) is 81.9. The molecule has 0 amide bonds. The second kappa shape index (κ2) is 14.5. The molecular weight excluding hydrogens is 781 g/mol. The molecule has 300 valence electrons. The van der Waals surface area contributed by atoms with E-state index in [1.807, 2.05) is 12.1 Å². The van der Waals surface area contributed by atoms with Crippen molar-refractivity contribution in [1.29, 1.82) is 0 Å². The molecule has 0 bridgehead atoms. The van der Waals surface area contributed by atoms with Crippen molar-refractivity contribution >= 4 is 82.7 Å². The van der Waals surface area contributed by atoms with E-state index in [-0.39, 0.29) is 0 Å². The number of aromatic nitrogens is 1. The monoisotopic (exact) mass is 818 g/mol. The maximum Gasteiger partial charge on any atom is 0.143 e. The Labute approximate surface area is 369 Å². The normalized spacial score (nSPS) is 11.8. The Kier molecular flexibility index (Phi) is 8.18. The zero-order chi connectivity index (χ0) is 42.1. The highest BCUT2D eigenvalue weighted by Gasteiger charge is 2.21. The summed E-state index contributed by atoms with van der Waals surface area (Å²) < 4.78 is 15.5. The minimum atomic E-state index is 0.893. The number of anilines is 3. The molecule has 10 aromatic carbocycles. The van der Waals surface area contributed by atoms with Gasteiger partial charge in [-0.2, -0.15) is 0 Å². The quantitative estimate of drug-likeness (QED) is 0.161. The fourth-order valence-corrected chi connectivity index (χ4v) is 9.87. The Hall–Kier alpha value is -8.60. The molecule has 0 radical (unpaired) electrons. The Morgan fingerprint density at radius 2 is 0.797 bits per heavy atom. The van der Waals surface area contributed by atoms with Gasteiger partial charge in [0.05, 0.1) is 11.0 Å². The van der Waals surface area contributed by atoms with E-state index < -0.39 is 0 Å². The third kappa shape index (κ3) is 5.70. The van der Waals surface area contributed by atoms with Crippen molar-refractivity contribution in [1.82, 2.24) is 4.57 Å². The molecular formula is C60H38N2O2. The van der Waals surface area contributed by atoms with Gasteiger partial charge in [0, 0.05) is 66.2 Å². The zero-order valence-electron chi connectivity index (χ0n) is 34.7. The van der Waals surface area contributed by atoms with E-state index in [1.165, 1.54) is 21.9 Å². The molecule has 13 aromatic rings. The Morgan fingerprint density at radius 1 is 0.297 bits per heavy atom. The number of nitrogens with zero attached hydrogens (tertiary/aromatic N) is 2. The lowest BCUT2D eigenvalue weighted by Crippen LogP contribution is -2.10. The lowest BCUT2D eigenvalue weighted by Gasteiger charge is -2.26. The molecule has 0 unspecified atom stereocenters. The summed E-state index contributed by atoms with van der Waals surface area (Å²) in [5.41, 5.74) is 16.9. The van der Waals surface area contributed by atoms with E-state index in [1.54, 1.807) is 0 Å². The summed E-state index contributed by atoms with van der Waals surface area (Å²) in [7, 11) is 0. The molecule has 0 spiro atoms. The number of benzene rings is 10. The first-order valence-electron chi connectivity index (χ1n) is 21.7. The van der Waals surface area contributed by atoms with Crippen LogP contribution in [-0.2, 0) is 0 Å². The first-order chi connectivity index (χ1) is 31.7. The molecule has 0 saturated heterocycles. The van der Waals surface area contributed by atoms with E-state index >= 15 is 0 Å². The van der Waals surface area contributed by atoms with Crippen LogP contribution in [0.5, 0.6) is 0 Å². The van der Waals surface area contributed by atoms with Crippen LogP contribution in [0.2, 0.25) is 0 Å². The van der Waals surface area contributed by atoms with E-state index in [4.69, 9.17) is 8.83 Å². The number of hydrogen-bond donors (Lipinski definition) is 0. The van der Waals surface area contributed by atoms with E-state index in [2.05, 4.69) is 228 Å². The van der Waals surface area contributed by atoms with Crippen molar-refractivity contribution < 1.29 is 8.83 Å².